The summed E-state index contributed by atoms with van der Waals surface area (Å²) < 4.78 is 0. The summed E-state index contributed by atoms with van der Waals surface area (Å²) in [6, 6.07) is 10.4. The summed E-state index contributed by atoms with van der Waals surface area (Å²) in [5, 5.41) is 3.02. The van der Waals surface area contributed by atoms with Gasteiger partial charge in [-0.2, -0.15) is 0 Å². The van der Waals surface area contributed by atoms with Gasteiger partial charge in [-0.3, -0.25) is 14.5 Å². The van der Waals surface area contributed by atoms with Crippen molar-refractivity contribution in [1.82, 2.24) is 20.0 Å². The van der Waals surface area contributed by atoms with Crippen molar-refractivity contribution in [2.75, 3.05) is 46.8 Å². The van der Waals surface area contributed by atoms with Gasteiger partial charge in [0.05, 0.1) is 6.04 Å². The first-order chi connectivity index (χ1) is 13.5. The molecule has 0 aliphatic carbocycles. The highest BCUT2D eigenvalue weighted by molar-refractivity contribution is 5.83. The predicted octanol–water partition coefficient (Wildman–Crippen LogP) is 1.57. The first-order valence-electron chi connectivity index (χ1n) is 10.5. The van der Waals surface area contributed by atoms with Gasteiger partial charge in [-0.1, -0.05) is 30.3 Å². The van der Waals surface area contributed by atoms with Crippen LogP contribution in [0.4, 0.5) is 0 Å². The molecular formula is C22H34N4O2. The molecule has 3 rings (SSSR count). The Labute approximate surface area is 168 Å². The van der Waals surface area contributed by atoms with Crippen LogP contribution in [0.15, 0.2) is 30.3 Å². The van der Waals surface area contributed by atoms with E-state index in [1.54, 1.807) is 0 Å². The van der Waals surface area contributed by atoms with Gasteiger partial charge in [-0.15, -0.1) is 0 Å². The summed E-state index contributed by atoms with van der Waals surface area (Å²) in [6.07, 6.45) is 3.56. The second-order valence-corrected chi connectivity index (χ2v) is 8.31. The largest absolute Gasteiger partial charge is 0.355 e. The van der Waals surface area contributed by atoms with Crippen molar-refractivity contribution in [3.63, 3.8) is 0 Å². The zero-order chi connectivity index (χ0) is 19.9. The third-order valence-corrected chi connectivity index (χ3v) is 5.91. The van der Waals surface area contributed by atoms with E-state index in [1.807, 2.05) is 25.1 Å². The molecule has 0 radical (unpaired) electrons. The fraction of sp³-hybridized carbons (Fsp3) is 0.636. The SMILES string of the molecule is CN(C)CCNC(=O)C1CCN(C(=O)C2CCCN2Cc2ccccc2)CC1. The molecule has 6 nitrogen and oxygen atoms in total. The van der Waals surface area contributed by atoms with Crippen molar-refractivity contribution in [3.05, 3.63) is 35.9 Å². The number of benzene rings is 1. The van der Waals surface area contributed by atoms with Crippen LogP contribution >= 0.6 is 0 Å². The van der Waals surface area contributed by atoms with Crippen LogP contribution in [0.1, 0.15) is 31.2 Å². The van der Waals surface area contributed by atoms with Gasteiger partial charge in [-0.25, -0.2) is 0 Å². The molecule has 154 valence electrons. The number of hydrogen-bond acceptors (Lipinski definition) is 4. The van der Waals surface area contributed by atoms with Crippen LogP contribution in [0.5, 0.6) is 0 Å². The Hall–Kier alpha value is -1.92. The summed E-state index contributed by atoms with van der Waals surface area (Å²) in [5.41, 5.74) is 1.26. The van der Waals surface area contributed by atoms with Gasteiger partial charge >= 0.3 is 0 Å². The number of likely N-dealkylation sites (tertiary alicyclic amines) is 2. The number of rotatable bonds is 7. The van der Waals surface area contributed by atoms with E-state index in [0.717, 1.165) is 45.3 Å². The first kappa shape index (κ1) is 20.8. The molecule has 2 heterocycles. The average Bonchev–Trinajstić information content (AvgIpc) is 3.16. The van der Waals surface area contributed by atoms with Crippen LogP contribution in [0.3, 0.4) is 0 Å². The molecule has 1 atom stereocenters. The lowest BCUT2D eigenvalue weighted by Crippen LogP contribution is -2.49. The summed E-state index contributed by atoms with van der Waals surface area (Å²) in [4.78, 5) is 31.8. The molecule has 1 aromatic rings. The molecule has 2 amide bonds. The lowest BCUT2D eigenvalue weighted by Gasteiger charge is -2.35. The van der Waals surface area contributed by atoms with Gasteiger partial charge in [0.2, 0.25) is 11.8 Å². The maximum absolute atomic E-state index is 13.1. The lowest BCUT2D eigenvalue weighted by molar-refractivity contribution is -0.139. The van der Waals surface area contributed by atoms with Crippen molar-refractivity contribution in [2.45, 2.75) is 38.3 Å². The molecule has 2 aliphatic heterocycles. The van der Waals surface area contributed by atoms with E-state index in [-0.39, 0.29) is 23.8 Å². The van der Waals surface area contributed by atoms with Gasteiger partial charge in [0, 0.05) is 38.6 Å². The number of carbonyl (C=O) groups excluding carboxylic acids is 2. The fourth-order valence-corrected chi connectivity index (χ4v) is 4.23. The van der Waals surface area contributed by atoms with Gasteiger partial charge in [-0.05, 0) is 51.9 Å². The fourth-order valence-electron chi connectivity index (χ4n) is 4.23. The van der Waals surface area contributed by atoms with E-state index in [9.17, 15) is 9.59 Å². The molecule has 1 unspecified atom stereocenters. The maximum atomic E-state index is 13.1. The topological polar surface area (TPSA) is 55.9 Å². The Morgan fingerprint density at radius 1 is 1.07 bits per heavy atom. The lowest BCUT2D eigenvalue weighted by atomic mass is 9.95. The highest BCUT2D eigenvalue weighted by Crippen LogP contribution is 2.25. The minimum atomic E-state index is -0.00864. The first-order valence-corrected chi connectivity index (χ1v) is 10.5. The third-order valence-electron chi connectivity index (χ3n) is 5.91. The molecular weight excluding hydrogens is 352 g/mol. The van der Waals surface area contributed by atoms with E-state index in [4.69, 9.17) is 0 Å². The number of nitrogens with one attached hydrogen (secondary N) is 1. The smallest absolute Gasteiger partial charge is 0.239 e. The minimum Gasteiger partial charge on any atom is -0.355 e. The quantitative estimate of drug-likeness (QED) is 0.773. The summed E-state index contributed by atoms with van der Waals surface area (Å²) in [5.74, 6) is 0.427. The summed E-state index contributed by atoms with van der Waals surface area (Å²) >= 11 is 0. The molecule has 2 aliphatic rings. The molecule has 1 aromatic carbocycles. The van der Waals surface area contributed by atoms with Crippen molar-refractivity contribution in [2.24, 2.45) is 5.92 Å². The second kappa shape index (κ2) is 10.0. The number of piperidine rings is 1. The Kier molecular flexibility index (Phi) is 7.45. The number of likely N-dealkylation sites (N-methyl/N-ethyl adjacent to an activating group) is 1. The van der Waals surface area contributed by atoms with Crippen LogP contribution in [0.2, 0.25) is 0 Å². The van der Waals surface area contributed by atoms with E-state index in [0.29, 0.717) is 19.6 Å². The molecule has 1 N–H and O–H groups in total. The van der Waals surface area contributed by atoms with Crippen LogP contribution in [-0.4, -0.2) is 79.4 Å². The second-order valence-electron chi connectivity index (χ2n) is 8.31. The minimum absolute atomic E-state index is 0.00864. The van der Waals surface area contributed by atoms with Crippen molar-refractivity contribution in [3.8, 4) is 0 Å². The van der Waals surface area contributed by atoms with Gasteiger partial charge < -0.3 is 15.1 Å². The number of hydrogen-bond donors (Lipinski definition) is 1. The summed E-state index contributed by atoms with van der Waals surface area (Å²) in [7, 11) is 4.00. The zero-order valence-electron chi connectivity index (χ0n) is 17.3. The van der Waals surface area contributed by atoms with E-state index in [1.165, 1.54) is 5.56 Å². The van der Waals surface area contributed by atoms with Crippen molar-refractivity contribution in [1.29, 1.82) is 0 Å². The third kappa shape index (κ3) is 5.55. The molecule has 0 saturated carbocycles. The highest BCUT2D eigenvalue weighted by atomic mass is 16.2. The van der Waals surface area contributed by atoms with E-state index in [2.05, 4.69) is 39.4 Å². The predicted molar refractivity (Wildman–Crippen MR) is 111 cm³/mol. The molecule has 0 spiro atoms. The van der Waals surface area contributed by atoms with Crippen LogP contribution in [0.25, 0.3) is 0 Å². The number of nitrogens with zero attached hydrogens (tertiary/aromatic N) is 3. The molecule has 28 heavy (non-hydrogen) atoms. The van der Waals surface area contributed by atoms with Crippen LogP contribution in [-0.2, 0) is 16.1 Å². The van der Waals surface area contributed by atoms with Gasteiger partial charge in [0.1, 0.15) is 0 Å². The van der Waals surface area contributed by atoms with Gasteiger partial charge in [0.15, 0.2) is 0 Å². The Morgan fingerprint density at radius 3 is 2.46 bits per heavy atom. The maximum Gasteiger partial charge on any atom is 0.239 e. The average molecular weight is 387 g/mol. The molecule has 0 bridgehead atoms. The Morgan fingerprint density at radius 2 is 1.79 bits per heavy atom. The van der Waals surface area contributed by atoms with Crippen molar-refractivity contribution >= 4 is 11.8 Å². The van der Waals surface area contributed by atoms with E-state index >= 15 is 0 Å². The summed E-state index contributed by atoms with van der Waals surface area (Å²) in [6.45, 7) is 4.74. The molecule has 2 fully saturated rings. The Bertz CT molecular complexity index is 641. The van der Waals surface area contributed by atoms with Gasteiger partial charge in [0.25, 0.3) is 0 Å². The number of amides is 2. The number of carbonyl (C=O) groups is 2. The molecule has 2 saturated heterocycles. The van der Waals surface area contributed by atoms with Crippen molar-refractivity contribution < 1.29 is 9.59 Å². The molecule has 6 heteroatoms. The monoisotopic (exact) mass is 386 g/mol. The standard InChI is InChI=1S/C22H34N4O2/c1-24(2)16-12-23-21(27)19-10-14-25(15-11-19)22(28)20-9-6-13-26(20)17-18-7-4-3-5-8-18/h3-5,7-8,19-20H,6,9-17H2,1-2H3,(H,23,27). The van der Waals surface area contributed by atoms with Crippen LogP contribution < -0.4 is 5.32 Å². The molecule has 0 aromatic heterocycles. The highest BCUT2D eigenvalue weighted by Gasteiger charge is 2.35. The van der Waals surface area contributed by atoms with E-state index < -0.39 is 0 Å². The zero-order valence-corrected chi connectivity index (χ0v) is 17.3. The van der Waals surface area contributed by atoms with Crippen LogP contribution in [0, 0.1) is 5.92 Å². The Balaban J connectivity index is 1.47. The normalized spacial score (nSPS) is 21.2.